The summed E-state index contributed by atoms with van der Waals surface area (Å²) < 4.78 is 0. The number of benzene rings is 4. The van der Waals surface area contributed by atoms with Gasteiger partial charge in [0.1, 0.15) is 42.3 Å². The van der Waals surface area contributed by atoms with E-state index in [4.69, 9.17) is 22.9 Å². The Labute approximate surface area is 426 Å². The van der Waals surface area contributed by atoms with Gasteiger partial charge in [-0.1, -0.05) is 91.0 Å². The van der Waals surface area contributed by atoms with E-state index in [0.717, 1.165) is 21.7 Å². The molecule has 74 heavy (non-hydrogen) atoms. The molecule has 16 N–H and O–H groups in total. The van der Waals surface area contributed by atoms with Crippen molar-refractivity contribution in [1.29, 1.82) is 0 Å². The number of primary amides is 2. The highest BCUT2D eigenvalue weighted by atomic mass is 16.2. The van der Waals surface area contributed by atoms with E-state index in [1.54, 1.807) is 48.7 Å². The molecular formula is C52H63N13O9. The van der Waals surface area contributed by atoms with Crippen LogP contribution in [0.15, 0.2) is 108 Å². The third kappa shape index (κ3) is 15.8. The summed E-state index contributed by atoms with van der Waals surface area (Å²) in [5, 5.41) is 21.1. The molecular weight excluding hydrogens is 951 g/mol. The van der Waals surface area contributed by atoms with Gasteiger partial charge in [0, 0.05) is 55.7 Å². The van der Waals surface area contributed by atoms with Gasteiger partial charge >= 0.3 is 0 Å². The number of para-hydroxylation sites is 1. The lowest BCUT2D eigenvalue weighted by molar-refractivity contribution is -0.135. The fourth-order valence-electron chi connectivity index (χ4n) is 8.52. The van der Waals surface area contributed by atoms with E-state index in [1.807, 2.05) is 54.6 Å². The smallest absolute Gasteiger partial charge is 0.243 e. The van der Waals surface area contributed by atoms with Crippen molar-refractivity contribution in [3.05, 3.63) is 120 Å². The normalized spacial score (nSPS) is 22.0. The molecule has 4 aromatic carbocycles. The number of hydrogen-bond acceptors (Lipinski definition) is 10. The van der Waals surface area contributed by atoms with Crippen LogP contribution in [0.4, 0.5) is 0 Å². The molecule has 22 heteroatoms. The van der Waals surface area contributed by atoms with Crippen LogP contribution in [0.1, 0.15) is 62.1 Å². The molecule has 0 saturated carbocycles. The van der Waals surface area contributed by atoms with Crippen molar-refractivity contribution in [2.45, 2.75) is 107 Å². The summed E-state index contributed by atoms with van der Waals surface area (Å²) in [6.07, 6.45) is 0.0682. The van der Waals surface area contributed by atoms with Crippen LogP contribution >= 0.6 is 0 Å². The number of nitrogens with one attached hydrogen (secondary N) is 8. The van der Waals surface area contributed by atoms with Crippen LogP contribution in [0.25, 0.3) is 21.7 Å². The van der Waals surface area contributed by atoms with E-state index >= 15 is 0 Å². The van der Waals surface area contributed by atoms with Gasteiger partial charge in [0.25, 0.3) is 0 Å². The number of aromatic nitrogens is 1. The number of nitrogens with two attached hydrogens (primary N) is 4. The first-order valence-corrected chi connectivity index (χ1v) is 24.2. The molecule has 1 aromatic heterocycles. The number of carbonyl (C=O) groups excluding carboxylic acids is 9. The Morgan fingerprint density at radius 2 is 1.14 bits per heavy atom. The molecule has 0 spiro atoms. The molecule has 390 valence electrons. The first-order valence-electron chi connectivity index (χ1n) is 24.2. The van der Waals surface area contributed by atoms with Gasteiger partial charge in [0.2, 0.25) is 53.2 Å². The molecule has 1 aliphatic heterocycles. The minimum atomic E-state index is -1.49. The lowest BCUT2D eigenvalue weighted by Crippen LogP contribution is -2.60. The van der Waals surface area contributed by atoms with Gasteiger partial charge in [0.15, 0.2) is 5.96 Å². The molecule has 6 rings (SSSR count). The summed E-state index contributed by atoms with van der Waals surface area (Å²) in [5.41, 5.74) is 24.9. The highest BCUT2D eigenvalue weighted by molar-refractivity contribution is 5.98. The number of hydrogen-bond donors (Lipinski definition) is 12. The number of carbonyl (C=O) groups is 9. The van der Waals surface area contributed by atoms with Crippen LogP contribution < -0.4 is 60.2 Å². The zero-order valence-corrected chi connectivity index (χ0v) is 40.9. The van der Waals surface area contributed by atoms with E-state index in [1.165, 1.54) is 6.92 Å². The number of H-pyrrole nitrogens is 1. The maximum Gasteiger partial charge on any atom is 0.243 e. The quantitative estimate of drug-likeness (QED) is 0.0377. The predicted molar refractivity (Wildman–Crippen MR) is 276 cm³/mol. The molecule has 5 aromatic rings. The van der Waals surface area contributed by atoms with E-state index in [0.29, 0.717) is 16.7 Å². The standard InChI is InChI=1S/C52H63N13O9/c1-29-46(69)63-40(25-30-10-3-2-4-11-30)49(72)61-37(45(54)68)20-22-44(67)60-38(16-9-23-57-52(55)56)48(71)65-42(27-34-28-58-36-15-8-7-14-35(34)36)51(74)64-41(26-31-17-18-32-12-5-6-13-33(32)24-31)50(73)62-39(47(70)59-29)19-21-43(53)66/h2-8,10-15,17-18,24,28-29,37-42,58H,9,16,19-23,25-27H2,1H3,(H2,53,66)(H2,54,68)(H,59,70)(H,60,67)(H,61,72)(H,62,73)(H,63,69)(H,64,74)(H,65,71)(H4,55,56,57)/t29-,37-,38-,39+,40-,41-,42-/m0/s1. The molecule has 0 aliphatic carbocycles. The number of nitrogens with zero attached hydrogens (tertiary/aromatic N) is 1. The van der Waals surface area contributed by atoms with Gasteiger partial charge in [0.05, 0.1) is 0 Å². The van der Waals surface area contributed by atoms with Gasteiger partial charge in [-0.15, -0.1) is 0 Å². The molecule has 1 aliphatic rings. The number of aliphatic imine (C=N–C) groups is 1. The van der Waals surface area contributed by atoms with E-state index in [2.05, 4.69) is 47.2 Å². The average molecular weight is 1010 g/mol. The molecule has 7 atom stereocenters. The van der Waals surface area contributed by atoms with Gasteiger partial charge in [-0.2, -0.15) is 0 Å². The van der Waals surface area contributed by atoms with Crippen molar-refractivity contribution in [2.75, 3.05) is 6.54 Å². The van der Waals surface area contributed by atoms with Crippen LogP contribution in [-0.2, 0) is 62.4 Å². The molecule has 9 amide bonds. The Bertz CT molecular complexity index is 2890. The molecule has 0 radical (unpaired) electrons. The molecule has 22 nitrogen and oxygen atoms in total. The van der Waals surface area contributed by atoms with Crippen LogP contribution in [-0.4, -0.2) is 113 Å². The Hall–Kier alpha value is -8.82. The van der Waals surface area contributed by atoms with Crippen LogP contribution in [0.3, 0.4) is 0 Å². The summed E-state index contributed by atoms with van der Waals surface area (Å²) in [4.78, 5) is 132. The first-order chi connectivity index (χ1) is 35.4. The Morgan fingerprint density at radius 1 is 0.568 bits per heavy atom. The Kier molecular flexibility index (Phi) is 19.2. The third-order valence-corrected chi connectivity index (χ3v) is 12.5. The fraction of sp³-hybridized carbons (Fsp3) is 0.346. The second kappa shape index (κ2) is 26.0. The molecule has 2 heterocycles. The fourth-order valence-corrected chi connectivity index (χ4v) is 8.52. The SMILES string of the molecule is C[C@@H]1NC(=O)[C@@H](CCC(N)=O)NC(=O)[C@H](Cc2ccc3ccccc3c2)NC(=O)[C@H](Cc2c[nH]c3ccccc23)NC(=O)[C@H](CCCN=C(N)N)NC(=O)CC[C@@H](C(N)=O)NC(=O)[C@H](Cc2ccccc2)NC1=O. The highest BCUT2D eigenvalue weighted by Crippen LogP contribution is 2.21. The summed E-state index contributed by atoms with van der Waals surface area (Å²) in [7, 11) is 0. The van der Waals surface area contributed by atoms with E-state index in [9.17, 15) is 43.2 Å². The summed E-state index contributed by atoms with van der Waals surface area (Å²) in [6, 6.07) is 19.1. The third-order valence-electron chi connectivity index (χ3n) is 12.5. The average Bonchev–Trinajstić information content (AvgIpc) is 3.78. The van der Waals surface area contributed by atoms with E-state index < -0.39 is 102 Å². The predicted octanol–water partition coefficient (Wildman–Crippen LogP) is -0.639. The zero-order valence-electron chi connectivity index (χ0n) is 40.9. The van der Waals surface area contributed by atoms with Crippen molar-refractivity contribution in [3.8, 4) is 0 Å². The monoisotopic (exact) mass is 1010 g/mol. The van der Waals surface area contributed by atoms with Gasteiger partial charge in [-0.05, 0) is 66.1 Å². The van der Waals surface area contributed by atoms with E-state index in [-0.39, 0.29) is 63.9 Å². The summed E-state index contributed by atoms with van der Waals surface area (Å²) in [6.45, 7) is 1.41. The zero-order chi connectivity index (χ0) is 53.3. The first kappa shape index (κ1) is 54.5. The summed E-state index contributed by atoms with van der Waals surface area (Å²) in [5.74, 6) is -7.78. The van der Waals surface area contributed by atoms with Crippen LogP contribution in [0.2, 0.25) is 0 Å². The molecule has 0 bridgehead atoms. The van der Waals surface area contributed by atoms with Crippen molar-refractivity contribution in [1.82, 2.24) is 42.2 Å². The second-order valence-electron chi connectivity index (χ2n) is 18.2. The summed E-state index contributed by atoms with van der Waals surface area (Å²) >= 11 is 0. The minimum Gasteiger partial charge on any atom is -0.370 e. The topological polar surface area (TPSA) is 370 Å². The number of amides is 9. The van der Waals surface area contributed by atoms with Crippen LogP contribution in [0.5, 0.6) is 0 Å². The molecule has 1 saturated heterocycles. The van der Waals surface area contributed by atoms with Crippen molar-refractivity contribution >= 4 is 80.8 Å². The second-order valence-corrected chi connectivity index (χ2v) is 18.2. The highest BCUT2D eigenvalue weighted by Gasteiger charge is 2.35. The maximum absolute atomic E-state index is 14.9. The minimum absolute atomic E-state index is 0.0349. The van der Waals surface area contributed by atoms with Gasteiger partial charge in [-0.3, -0.25) is 48.1 Å². The van der Waals surface area contributed by atoms with Crippen molar-refractivity contribution < 1.29 is 43.2 Å². The van der Waals surface area contributed by atoms with Gasteiger partial charge in [-0.25, -0.2) is 0 Å². The lowest BCUT2D eigenvalue weighted by Gasteiger charge is -2.27. The number of aromatic amines is 1. The van der Waals surface area contributed by atoms with Crippen molar-refractivity contribution in [3.63, 3.8) is 0 Å². The Balaban J connectivity index is 1.41. The largest absolute Gasteiger partial charge is 0.370 e. The number of guanidine groups is 1. The van der Waals surface area contributed by atoms with Gasteiger partial charge < -0.3 is 65.1 Å². The van der Waals surface area contributed by atoms with Crippen LogP contribution in [0, 0.1) is 0 Å². The molecule has 1 fully saturated rings. The van der Waals surface area contributed by atoms with Crippen molar-refractivity contribution in [2.24, 2.45) is 27.9 Å². The number of rotatable bonds is 14. The molecule has 0 unspecified atom stereocenters. The maximum atomic E-state index is 14.9. The Morgan fingerprint density at radius 3 is 1.82 bits per heavy atom. The number of fused-ring (bicyclic) bond motifs is 2. The lowest BCUT2D eigenvalue weighted by atomic mass is 9.99.